The molecule has 0 bridgehead atoms. The van der Waals surface area contributed by atoms with Crippen molar-refractivity contribution in [2.75, 3.05) is 13.1 Å². The Kier molecular flexibility index (Phi) is 3.10. The van der Waals surface area contributed by atoms with Crippen LogP contribution in [0.1, 0.15) is 19.3 Å². The topological polar surface area (TPSA) is 29.9 Å². The standard InChI is InChI=1S/C14H19N3/c1-2-4-14-13(3-1)11-16-17(14)10-7-12-5-8-15-9-6-12/h1-4,11-12,15H,5-10H2. The molecule has 1 aromatic heterocycles. The molecule has 0 radical (unpaired) electrons. The largest absolute Gasteiger partial charge is 0.317 e. The van der Waals surface area contributed by atoms with Crippen molar-refractivity contribution in [3.05, 3.63) is 30.5 Å². The zero-order valence-corrected chi connectivity index (χ0v) is 10.1. The Labute approximate surface area is 102 Å². The summed E-state index contributed by atoms with van der Waals surface area (Å²) in [5.74, 6) is 0.874. The molecule has 0 saturated carbocycles. The molecule has 1 saturated heterocycles. The van der Waals surface area contributed by atoms with E-state index in [1.165, 1.54) is 43.3 Å². The molecule has 0 atom stereocenters. The second kappa shape index (κ2) is 4.88. The quantitative estimate of drug-likeness (QED) is 0.876. The van der Waals surface area contributed by atoms with Crippen molar-refractivity contribution >= 4 is 10.9 Å². The summed E-state index contributed by atoms with van der Waals surface area (Å²) in [4.78, 5) is 0. The molecule has 1 N–H and O–H groups in total. The molecular weight excluding hydrogens is 210 g/mol. The van der Waals surface area contributed by atoms with Crippen LogP contribution in [0.25, 0.3) is 10.9 Å². The van der Waals surface area contributed by atoms with Crippen LogP contribution in [0.2, 0.25) is 0 Å². The van der Waals surface area contributed by atoms with Gasteiger partial charge < -0.3 is 5.32 Å². The first-order chi connectivity index (χ1) is 8.43. The maximum atomic E-state index is 4.48. The Hall–Kier alpha value is -1.35. The number of nitrogens with zero attached hydrogens (tertiary/aromatic N) is 2. The van der Waals surface area contributed by atoms with Gasteiger partial charge in [0.2, 0.25) is 0 Å². The minimum Gasteiger partial charge on any atom is -0.317 e. The molecule has 1 aliphatic rings. The molecule has 17 heavy (non-hydrogen) atoms. The third-order valence-corrected chi connectivity index (χ3v) is 3.76. The van der Waals surface area contributed by atoms with Crippen LogP contribution >= 0.6 is 0 Å². The number of para-hydroxylation sites is 1. The Morgan fingerprint density at radius 2 is 2.06 bits per heavy atom. The Morgan fingerprint density at radius 1 is 1.24 bits per heavy atom. The van der Waals surface area contributed by atoms with E-state index in [1.54, 1.807) is 0 Å². The number of rotatable bonds is 3. The van der Waals surface area contributed by atoms with E-state index in [9.17, 15) is 0 Å². The van der Waals surface area contributed by atoms with Crippen LogP contribution in [0.3, 0.4) is 0 Å². The van der Waals surface area contributed by atoms with Crippen molar-refractivity contribution in [1.82, 2.24) is 15.1 Å². The van der Waals surface area contributed by atoms with Gasteiger partial charge in [-0.3, -0.25) is 4.68 Å². The highest BCUT2D eigenvalue weighted by Gasteiger charge is 2.13. The lowest BCUT2D eigenvalue weighted by atomic mass is 9.95. The highest BCUT2D eigenvalue weighted by molar-refractivity contribution is 5.78. The number of aryl methyl sites for hydroxylation is 1. The average Bonchev–Trinajstić information content (AvgIpc) is 2.81. The van der Waals surface area contributed by atoms with E-state index >= 15 is 0 Å². The summed E-state index contributed by atoms with van der Waals surface area (Å²) in [6, 6.07) is 8.44. The van der Waals surface area contributed by atoms with Crippen LogP contribution in [-0.4, -0.2) is 22.9 Å². The Bertz CT molecular complexity index is 483. The van der Waals surface area contributed by atoms with Crippen LogP contribution < -0.4 is 5.32 Å². The number of nitrogens with one attached hydrogen (secondary N) is 1. The van der Waals surface area contributed by atoms with Gasteiger partial charge in [0.15, 0.2) is 0 Å². The van der Waals surface area contributed by atoms with Crippen molar-refractivity contribution in [1.29, 1.82) is 0 Å². The van der Waals surface area contributed by atoms with Gasteiger partial charge in [-0.2, -0.15) is 5.10 Å². The first kappa shape index (κ1) is 10.8. The van der Waals surface area contributed by atoms with Crippen LogP contribution in [0.15, 0.2) is 30.5 Å². The van der Waals surface area contributed by atoms with E-state index in [0.717, 1.165) is 12.5 Å². The average molecular weight is 229 g/mol. The van der Waals surface area contributed by atoms with E-state index in [-0.39, 0.29) is 0 Å². The van der Waals surface area contributed by atoms with Gasteiger partial charge in [-0.25, -0.2) is 0 Å². The van der Waals surface area contributed by atoms with Gasteiger partial charge in [-0.15, -0.1) is 0 Å². The highest BCUT2D eigenvalue weighted by atomic mass is 15.3. The summed E-state index contributed by atoms with van der Waals surface area (Å²) in [6.45, 7) is 3.42. The highest BCUT2D eigenvalue weighted by Crippen LogP contribution is 2.19. The number of piperidine rings is 1. The lowest BCUT2D eigenvalue weighted by Gasteiger charge is -2.22. The van der Waals surface area contributed by atoms with Gasteiger partial charge in [-0.1, -0.05) is 18.2 Å². The third-order valence-electron chi connectivity index (χ3n) is 3.76. The van der Waals surface area contributed by atoms with Crippen molar-refractivity contribution < 1.29 is 0 Å². The van der Waals surface area contributed by atoms with Crippen molar-refractivity contribution in [2.24, 2.45) is 5.92 Å². The molecule has 1 fully saturated rings. The van der Waals surface area contributed by atoms with Crippen LogP contribution in [0.4, 0.5) is 0 Å². The number of hydrogen-bond donors (Lipinski definition) is 1. The van der Waals surface area contributed by atoms with Crippen molar-refractivity contribution in [3.63, 3.8) is 0 Å². The lowest BCUT2D eigenvalue weighted by Crippen LogP contribution is -2.28. The zero-order chi connectivity index (χ0) is 11.5. The van der Waals surface area contributed by atoms with Crippen LogP contribution in [0.5, 0.6) is 0 Å². The molecule has 90 valence electrons. The van der Waals surface area contributed by atoms with E-state index < -0.39 is 0 Å². The first-order valence-corrected chi connectivity index (χ1v) is 6.55. The number of benzene rings is 1. The smallest absolute Gasteiger partial charge is 0.0682 e. The maximum absolute atomic E-state index is 4.48. The molecule has 3 heteroatoms. The van der Waals surface area contributed by atoms with Gasteiger partial charge >= 0.3 is 0 Å². The Balaban J connectivity index is 1.68. The zero-order valence-electron chi connectivity index (χ0n) is 10.1. The fraction of sp³-hybridized carbons (Fsp3) is 0.500. The lowest BCUT2D eigenvalue weighted by molar-refractivity contribution is 0.334. The summed E-state index contributed by atoms with van der Waals surface area (Å²) in [5.41, 5.74) is 1.27. The molecule has 1 aliphatic heterocycles. The second-order valence-electron chi connectivity index (χ2n) is 4.91. The van der Waals surface area contributed by atoms with Gasteiger partial charge in [0.1, 0.15) is 0 Å². The van der Waals surface area contributed by atoms with Crippen LogP contribution in [-0.2, 0) is 6.54 Å². The van der Waals surface area contributed by atoms with Gasteiger partial charge in [0.05, 0.1) is 11.7 Å². The van der Waals surface area contributed by atoms with E-state index in [0.29, 0.717) is 0 Å². The summed E-state index contributed by atoms with van der Waals surface area (Å²) < 4.78 is 2.15. The monoisotopic (exact) mass is 229 g/mol. The molecule has 2 aromatic rings. The molecule has 0 aliphatic carbocycles. The normalized spacial score (nSPS) is 17.6. The fourth-order valence-electron chi connectivity index (χ4n) is 2.68. The fourth-order valence-corrected chi connectivity index (χ4v) is 2.68. The van der Waals surface area contributed by atoms with Crippen LogP contribution in [0, 0.1) is 5.92 Å². The minimum absolute atomic E-state index is 0.874. The predicted octanol–water partition coefficient (Wildman–Crippen LogP) is 2.43. The summed E-state index contributed by atoms with van der Waals surface area (Å²) >= 11 is 0. The van der Waals surface area contributed by atoms with Gasteiger partial charge in [-0.05, 0) is 44.3 Å². The molecule has 0 unspecified atom stereocenters. The first-order valence-electron chi connectivity index (χ1n) is 6.55. The van der Waals surface area contributed by atoms with E-state index in [4.69, 9.17) is 0 Å². The van der Waals surface area contributed by atoms with Gasteiger partial charge in [0.25, 0.3) is 0 Å². The molecule has 2 heterocycles. The van der Waals surface area contributed by atoms with Crippen molar-refractivity contribution in [2.45, 2.75) is 25.8 Å². The predicted molar refractivity (Wildman–Crippen MR) is 69.9 cm³/mol. The molecular formula is C14H19N3. The number of aromatic nitrogens is 2. The molecule has 1 aromatic carbocycles. The molecule has 3 rings (SSSR count). The summed E-state index contributed by atoms with van der Waals surface area (Å²) in [6.07, 6.45) is 5.86. The second-order valence-corrected chi connectivity index (χ2v) is 4.91. The summed E-state index contributed by atoms with van der Waals surface area (Å²) in [7, 11) is 0. The van der Waals surface area contributed by atoms with Gasteiger partial charge in [0, 0.05) is 11.9 Å². The molecule has 0 amide bonds. The molecule has 0 spiro atoms. The summed E-state index contributed by atoms with van der Waals surface area (Å²) in [5, 5.41) is 9.14. The SMILES string of the molecule is c1ccc2c(c1)cnn2CCC1CCNCC1. The number of hydrogen-bond acceptors (Lipinski definition) is 2. The minimum atomic E-state index is 0.874. The Morgan fingerprint density at radius 3 is 2.94 bits per heavy atom. The van der Waals surface area contributed by atoms with Crippen molar-refractivity contribution in [3.8, 4) is 0 Å². The van der Waals surface area contributed by atoms with E-state index in [2.05, 4.69) is 39.4 Å². The maximum Gasteiger partial charge on any atom is 0.0682 e. The van der Waals surface area contributed by atoms with E-state index in [1.807, 2.05) is 6.20 Å². The number of fused-ring (bicyclic) bond motifs is 1. The third kappa shape index (κ3) is 2.34. The molecule has 3 nitrogen and oxygen atoms in total.